The second-order valence-corrected chi connectivity index (χ2v) is 17.3. The Balaban J connectivity index is 0.000000274. The molecule has 0 aliphatic carbocycles. The van der Waals surface area contributed by atoms with Gasteiger partial charge in [0.15, 0.2) is 0 Å². The van der Waals surface area contributed by atoms with Crippen LogP contribution in [0.15, 0.2) is 112 Å². The number of nitrogens with zero attached hydrogens (tertiary/aromatic N) is 3. The van der Waals surface area contributed by atoms with Gasteiger partial charge in [-0.2, -0.15) is 26.3 Å². The first-order valence-corrected chi connectivity index (χ1v) is 23.1. The number of halogens is 11. The molecule has 4 heterocycles. The maximum atomic E-state index is 13.1. The zero-order valence-electron chi connectivity index (χ0n) is 32.3. The van der Waals surface area contributed by atoms with Crippen molar-refractivity contribution in [3.63, 3.8) is 0 Å². The molecule has 14 nitrogen and oxygen atoms in total. The number of methoxy groups -OCH3 is 1. The summed E-state index contributed by atoms with van der Waals surface area (Å²) in [4.78, 5) is 50.0. The lowest BCUT2D eigenvalue weighted by Crippen LogP contribution is -2.21. The summed E-state index contributed by atoms with van der Waals surface area (Å²) in [5, 5.41) is -1.44. The monoisotopic (exact) mass is 1090 g/mol. The van der Waals surface area contributed by atoms with Crippen molar-refractivity contribution in [1.82, 2.24) is 19.9 Å². The van der Waals surface area contributed by atoms with Gasteiger partial charge in [0.2, 0.25) is 17.4 Å². The van der Waals surface area contributed by atoms with Crippen molar-refractivity contribution >= 4 is 105 Å². The van der Waals surface area contributed by atoms with Crippen LogP contribution in [0, 0.1) is 0 Å². The molecule has 0 bridgehead atoms. The zero-order chi connectivity index (χ0) is 48.7. The average Bonchev–Trinajstić information content (AvgIpc) is 3.23. The van der Waals surface area contributed by atoms with Crippen LogP contribution in [0.4, 0.5) is 37.7 Å². The highest BCUT2D eigenvalue weighted by molar-refractivity contribution is 9.08. The van der Waals surface area contributed by atoms with Gasteiger partial charge in [0.25, 0.3) is 25.6 Å². The van der Waals surface area contributed by atoms with E-state index in [0.29, 0.717) is 12.1 Å². The Morgan fingerprint density at radius 2 is 1.09 bits per heavy atom. The SMILES string of the molecule is CBr.COc1ncccc1C(=O)c1ncc(Cl)cc1NS(=O)(=O)c1ccc(Cl)c(C(F)(F)F)c1.O=C(c1ncc(Cl)cc1NS(=O)(=O)c1ccc(Cl)c(C(F)(F)F)c1)c1ccc[nH]c1=O. The lowest BCUT2D eigenvalue weighted by atomic mass is 10.1. The minimum Gasteiger partial charge on any atom is -0.480 e. The van der Waals surface area contributed by atoms with Crippen molar-refractivity contribution in [2.75, 3.05) is 22.4 Å². The zero-order valence-corrected chi connectivity index (χ0v) is 38.6. The summed E-state index contributed by atoms with van der Waals surface area (Å²) in [6.45, 7) is 0. The fraction of sp³-hybridized carbons (Fsp3) is 0.105. The first kappa shape index (κ1) is 52.3. The molecule has 3 N–H and O–H groups in total. The van der Waals surface area contributed by atoms with Crippen molar-refractivity contribution in [2.24, 2.45) is 0 Å². The molecule has 0 aliphatic rings. The van der Waals surface area contributed by atoms with E-state index >= 15 is 0 Å². The normalized spacial score (nSPS) is 11.6. The van der Waals surface area contributed by atoms with Crippen molar-refractivity contribution in [3.8, 4) is 5.88 Å². The summed E-state index contributed by atoms with van der Waals surface area (Å²) in [7, 11) is -7.92. The highest BCUT2D eigenvalue weighted by atomic mass is 79.9. The van der Waals surface area contributed by atoms with Crippen molar-refractivity contribution in [1.29, 1.82) is 0 Å². The first-order valence-electron chi connectivity index (χ1n) is 17.1. The Morgan fingerprint density at radius 3 is 1.51 bits per heavy atom. The minimum absolute atomic E-state index is 0.0175. The van der Waals surface area contributed by atoms with Gasteiger partial charge < -0.3 is 9.72 Å². The number of nitrogens with one attached hydrogen (secondary N) is 3. The third kappa shape index (κ3) is 13.0. The molecule has 0 amide bonds. The molecule has 0 saturated carbocycles. The number of hydrogen-bond acceptors (Lipinski definition) is 11. The number of aromatic amines is 1. The van der Waals surface area contributed by atoms with E-state index < -0.39 is 91.9 Å². The molecule has 2 aromatic carbocycles. The Labute approximate surface area is 392 Å². The number of anilines is 2. The van der Waals surface area contributed by atoms with Crippen LogP contribution in [-0.4, -0.2) is 61.3 Å². The second-order valence-electron chi connectivity index (χ2n) is 12.2. The number of rotatable bonds is 11. The van der Waals surface area contributed by atoms with Crippen LogP contribution < -0.4 is 19.7 Å². The molecule has 27 heteroatoms. The number of hydrogen-bond donors (Lipinski definition) is 3. The van der Waals surface area contributed by atoms with Gasteiger partial charge in [-0.15, -0.1) is 0 Å². The topological polar surface area (TPSA) is 207 Å². The van der Waals surface area contributed by atoms with Gasteiger partial charge in [-0.05, 0) is 78.6 Å². The molecule has 6 rings (SSSR count). The van der Waals surface area contributed by atoms with Gasteiger partial charge >= 0.3 is 12.4 Å². The summed E-state index contributed by atoms with van der Waals surface area (Å²) >= 11 is 25.7. The number of pyridine rings is 4. The number of benzene rings is 2. The van der Waals surface area contributed by atoms with Crippen molar-refractivity contribution in [3.05, 3.63) is 162 Å². The predicted molar refractivity (Wildman–Crippen MR) is 233 cm³/mol. The molecular formula is C38H25BrCl4F6N6O8S2. The summed E-state index contributed by atoms with van der Waals surface area (Å²) in [5.74, 6) is 0.0998. The smallest absolute Gasteiger partial charge is 0.417 e. The Bertz CT molecular complexity index is 3060. The summed E-state index contributed by atoms with van der Waals surface area (Å²) < 4.78 is 139. The summed E-state index contributed by atoms with van der Waals surface area (Å²) in [6, 6.07) is 11.6. The van der Waals surface area contributed by atoms with Crippen LogP contribution >= 0.6 is 62.3 Å². The third-order valence-corrected chi connectivity index (χ3v) is 11.8. The number of sulfonamides is 2. The molecule has 344 valence electrons. The fourth-order valence-electron chi connectivity index (χ4n) is 5.16. The number of H-pyrrole nitrogens is 1. The van der Waals surface area contributed by atoms with E-state index in [1.165, 1.54) is 43.8 Å². The van der Waals surface area contributed by atoms with E-state index in [-0.39, 0.29) is 38.4 Å². The predicted octanol–water partition coefficient (Wildman–Crippen LogP) is 9.98. The summed E-state index contributed by atoms with van der Waals surface area (Å²) in [6.07, 6.45) is -4.94. The standard InChI is InChI=1S/C19H12Cl2F3N3O4S.C18H10Cl2F3N3O4S.CH3Br/c1-31-18-12(3-2-6-25-18)17(28)16-15(7-10(20)9-26-16)27-32(29,30)11-4-5-14(21)13(8-11)19(22,23)24;19-9-6-14(15(25-8-9)16(27)11-2-1-5-24-17(11)28)26-31(29,30)10-3-4-13(20)12(7-10)18(21,22)23;1-2/h2-9,27H,1H3;1-8,26H,(H,24,28);1H3. The second kappa shape index (κ2) is 21.3. The van der Waals surface area contributed by atoms with Gasteiger partial charge in [0.1, 0.15) is 11.4 Å². The molecule has 0 saturated heterocycles. The molecule has 0 fully saturated rings. The highest BCUT2D eigenvalue weighted by Crippen LogP contribution is 2.38. The number of ketones is 2. The van der Waals surface area contributed by atoms with E-state index in [0.717, 1.165) is 48.8 Å². The van der Waals surface area contributed by atoms with Crippen LogP contribution in [0.25, 0.3) is 0 Å². The van der Waals surface area contributed by atoms with Crippen molar-refractivity contribution in [2.45, 2.75) is 22.1 Å². The van der Waals surface area contributed by atoms with Crippen LogP contribution in [0.1, 0.15) is 43.2 Å². The molecular weight excluding hydrogens is 1070 g/mol. The van der Waals surface area contributed by atoms with Gasteiger partial charge in [0, 0.05) is 24.8 Å². The van der Waals surface area contributed by atoms with Gasteiger partial charge in [-0.1, -0.05) is 62.3 Å². The molecule has 0 atom stereocenters. The number of carbonyl (C=O) groups excluding carboxylic acids is 2. The number of aromatic nitrogens is 4. The maximum Gasteiger partial charge on any atom is 0.417 e. The maximum absolute atomic E-state index is 13.1. The lowest BCUT2D eigenvalue weighted by Gasteiger charge is -2.14. The van der Waals surface area contributed by atoms with Crippen LogP contribution in [0.2, 0.25) is 20.1 Å². The minimum atomic E-state index is -4.89. The molecule has 0 aliphatic heterocycles. The molecule has 6 aromatic rings. The quantitative estimate of drug-likeness (QED) is 0.0632. The highest BCUT2D eigenvalue weighted by Gasteiger charge is 2.36. The number of ether oxygens (including phenoxy) is 1. The first-order chi connectivity index (χ1) is 30.3. The van der Waals surface area contributed by atoms with Gasteiger partial charge in [-0.3, -0.25) is 23.8 Å². The largest absolute Gasteiger partial charge is 0.480 e. The van der Waals surface area contributed by atoms with Crippen molar-refractivity contribution < 1.29 is 57.5 Å². The van der Waals surface area contributed by atoms with Gasteiger partial charge in [-0.25, -0.2) is 31.8 Å². The molecule has 4 aromatic heterocycles. The third-order valence-electron chi connectivity index (χ3n) is 8.01. The van der Waals surface area contributed by atoms with E-state index in [1.807, 2.05) is 10.6 Å². The van der Waals surface area contributed by atoms with E-state index in [1.54, 1.807) is 0 Å². The Hall–Kier alpha value is -5.30. The molecule has 0 radical (unpaired) electrons. The van der Waals surface area contributed by atoms with E-state index in [2.05, 4.69) is 40.6 Å². The molecule has 0 unspecified atom stereocenters. The summed E-state index contributed by atoms with van der Waals surface area (Å²) in [5.41, 5.74) is -5.40. The lowest BCUT2D eigenvalue weighted by molar-refractivity contribution is -0.138. The van der Waals surface area contributed by atoms with Crippen LogP contribution in [0.5, 0.6) is 5.88 Å². The van der Waals surface area contributed by atoms with Crippen LogP contribution in [-0.2, 0) is 32.4 Å². The number of alkyl halides is 7. The van der Waals surface area contributed by atoms with E-state index in [9.17, 15) is 57.6 Å². The Morgan fingerprint density at radius 1 is 0.662 bits per heavy atom. The molecule has 65 heavy (non-hydrogen) atoms. The fourth-order valence-corrected chi connectivity index (χ4v) is 8.09. The molecule has 0 spiro atoms. The Kier molecular flexibility index (Phi) is 17.2. The average molecular weight is 1090 g/mol. The number of carbonyl (C=O) groups is 2. The van der Waals surface area contributed by atoms with Gasteiger partial charge in [0.05, 0.1) is 70.6 Å². The van der Waals surface area contributed by atoms with Crippen LogP contribution in [0.3, 0.4) is 0 Å². The van der Waals surface area contributed by atoms with E-state index in [4.69, 9.17) is 51.1 Å².